The van der Waals surface area contributed by atoms with E-state index in [9.17, 15) is 13.2 Å². The number of hydrogen-bond acceptors (Lipinski definition) is 4. The topological polar surface area (TPSA) is 101 Å². The van der Waals surface area contributed by atoms with Gasteiger partial charge in [0.25, 0.3) is 0 Å². The van der Waals surface area contributed by atoms with E-state index in [1.54, 1.807) is 13.2 Å². The van der Waals surface area contributed by atoms with Crippen LogP contribution in [0.15, 0.2) is 36.7 Å². The standard InChI is InChI=1S/C12H13N3O4S/c1-15-7-11(6-13-15)14-20(18,19)8-9-2-4-10(5-3-9)12(16)17/h2-7,14H,8H2,1H3,(H,16,17). The molecule has 0 radical (unpaired) electrons. The van der Waals surface area contributed by atoms with Crippen LogP contribution in [0.25, 0.3) is 0 Å². The van der Waals surface area contributed by atoms with Gasteiger partial charge in [-0.25, -0.2) is 13.2 Å². The Morgan fingerprint density at radius 1 is 1.35 bits per heavy atom. The van der Waals surface area contributed by atoms with Gasteiger partial charge in [-0.15, -0.1) is 0 Å². The summed E-state index contributed by atoms with van der Waals surface area (Å²) in [4.78, 5) is 10.7. The molecule has 0 saturated heterocycles. The SMILES string of the molecule is Cn1cc(NS(=O)(=O)Cc2ccc(C(=O)O)cc2)cn1. The zero-order chi connectivity index (χ0) is 14.8. The molecule has 1 aromatic heterocycles. The molecule has 0 aliphatic carbocycles. The van der Waals surface area contributed by atoms with Gasteiger partial charge in [0, 0.05) is 13.2 Å². The van der Waals surface area contributed by atoms with Crippen LogP contribution in [0.3, 0.4) is 0 Å². The number of nitrogens with one attached hydrogen (secondary N) is 1. The third-order valence-electron chi connectivity index (χ3n) is 2.54. The molecule has 0 atom stereocenters. The van der Waals surface area contributed by atoms with E-state index < -0.39 is 16.0 Å². The largest absolute Gasteiger partial charge is 0.478 e. The number of carbonyl (C=O) groups is 1. The fourth-order valence-corrected chi connectivity index (χ4v) is 2.82. The van der Waals surface area contributed by atoms with Crippen molar-refractivity contribution >= 4 is 21.7 Å². The highest BCUT2D eigenvalue weighted by molar-refractivity contribution is 7.91. The molecule has 2 rings (SSSR count). The molecule has 7 nitrogen and oxygen atoms in total. The first-order chi connectivity index (χ1) is 9.35. The second kappa shape index (κ2) is 5.33. The van der Waals surface area contributed by atoms with Gasteiger partial charge in [0.1, 0.15) is 0 Å². The molecular weight excluding hydrogens is 282 g/mol. The average molecular weight is 295 g/mol. The molecule has 0 unspecified atom stereocenters. The Morgan fingerprint density at radius 2 is 2.00 bits per heavy atom. The molecule has 106 valence electrons. The first kappa shape index (κ1) is 14.1. The lowest BCUT2D eigenvalue weighted by atomic mass is 10.1. The van der Waals surface area contributed by atoms with Crippen molar-refractivity contribution in [3.05, 3.63) is 47.8 Å². The number of nitrogens with zero attached hydrogens (tertiary/aromatic N) is 2. The smallest absolute Gasteiger partial charge is 0.335 e. The monoisotopic (exact) mass is 295 g/mol. The van der Waals surface area contributed by atoms with Crippen LogP contribution in [0.4, 0.5) is 5.69 Å². The lowest BCUT2D eigenvalue weighted by Gasteiger charge is -2.06. The van der Waals surface area contributed by atoms with Crippen molar-refractivity contribution in [1.82, 2.24) is 9.78 Å². The summed E-state index contributed by atoms with van der Waals surface area (Å²) in [6, 6.07) is 5.70. The number of anilines is 1. The summed E-state index contributed by atoms with van der Waals surface area (Å²) >= 11 is 0. The third-order valence-corrected chi connectivity index (χ3v) is 3.80. The number of carboxylic acids is 1. The van der Waals surface area contributed by atoms with Crippen LogP contribution in [-0.2, 0) is 22.8 Å². The predicted octanol–water partition coefficient (Wildman–Crippen LogP) is 1.06. The first-order valence-corrected chi connectivity index (χ1v) is 7.32. The van der Waals surface area contributed by atoms with Crippen molar-refractivity contribution in [3.8, 4) is 0 Å². The Labute approximate surface area is 115 Å². The molecule has 2 aromatic rings. The van der Waals surface area contributed by atoms with Crippen LogP contribution in [-0.4, -0.2) is 29.3 Å². The van der Waals surface area contributed by atoms with Crippen LogP contribution in [0.5, 0.6) is 0 Å². The highest BCUT2D eigenvalue weighted by Gasteiger charge is 2.13. The second-order valence-corrected chi connectivity index (χ2v) is 5.99. The van der Waals surface area contributed by atoms with Gasteiger partial charge in [-0.2, -0.15) is 5.10 Å². The molecule has 1 heterocycles. The number of rotatable bonds is 5. The normalized spacial score (nSPS) is 11.2. The molecular formula is C12H13N3O4S. The Kier molecular flexibility index (Phi) is 3.75. The first-order valence-electron chi connectivity index (χ1n) is 5.67. The van der Waals surface area contributed by atoms with Crippen LogP contribution in [0.2, 0.25) is 0 Å². The van der Waals surface area contributed by atoms with Crippen molar-refractivity contribution in [2.45, 2.75) is 5.75 Å². The van der Waals surface area contributed by atoms with Gasteiger partial charge < -0.3 is 5.11 Å². The highest BCUT2D eigenvalue weighted by Crippen LogP contribution is 2.12. The lowest BCUT2D eigenvalue weighted by Crippen LogP contribution is -2.14. The van der Waals surface area contributed by atoms with E-state index in [2.05, 4.69) is 9.82 Å². The van der Waals surface area contributed by atoms with Crippen LogP contribution in [0, 0.1) is 0 Å². The average Bonchev–Trinajstić information content (AvgIpc) is 2.73. The minimum atomic E-state index is -3.56. The van der Waals surface area contributed by atoms with Crippen molar-refractivity contribution < 1.29 is 18.3 Å². The molecule has 0 bridgehead atoms. The third kappa shape index (κ3) is 3.58. The Bertz CT molecular complexity index is 719. The molecule has 0 amide bonds. The van der Waals surface area contributed by atoms with Gasteiger partial charge in [0.05, 0.1) is 23.2 Å². The number of aromatic carboxylic acids is 1. The van der Waals surface area contributed by atoms with Gasteiger partial charge >= 0.3 is 5.97 Å². The quantitative estimate of drug-likeness (QED) is 0.859. The van der Waals surface area contributed by atoms with Gasteiger partial charge in [0.15, 0.2) is 0 Å². The minimum Gasteiger partial charge on any atom is -0.478 e. The summed E-state index contributed by atoms with van der Waals surface area (Å²) in [6.07, 6.45) is 2.95. The molecule has 8 heteroatoms. The molecule has 0 aliphatic heterocycles. The van der Waals surface area contributed by atoms with Crippen molar-refractivity contribution in [2.75, 3.05) is 4.72 Å². The van der Waals surface area contributed by atoms with Crippen molar-refractivity contribution in [2.24, 2.45) is 7.05 Å². The van der Waals surface area contributed by atoms with E-state index in [-0.39, 0.29) is 11.3 Å². The summed E-state index contributed by atoms with van der Waals surface area (Å²) in [5.74, 6) is -1.28. The van der Waals surface area contributed by atoms with Crippen molar-refractivity contribution in [3.63, 3.8) is 0 Å². The number of aromatic nitrogens is 2. The maximum Gasteiger partial charge on any atom is 0.335 e. The molecule has 2 N–H and O–H groups in total. The van der Waals surface area contributed by atoms with Crippen LogP contribution in [0.1, 0.15) is 15.9 Å². The fraction of sp³-hybridized carbons (Fsp3) is 0.167. The van der Waals surface area contributed by atoms with E-state index >= 15 is 0 Å². The lowest BCUT2D eigenvalue weighted by molar-refractivity contribution is 0.0697. The Hall–Kier alpha value is -2.35. The molecule has 0 saturated carbocycles. The second-order valence-electron chi connectivity index (χ2n) is 4.27. The van der Waals surface area contributed by atoms with Crippen molar-refractivity contribution in [1.29, 1.82) is 0 Å². The number of aryl methyl sites for hydroxylation is 1. The Morgan fingerprint density at radius 3 is 2.50 bits per heavy atom. The van der Waals surface area contributed by atoms with Gasteiger partial charge in [-0.05, 0) is 17.7 Å². The van der Waals surface area contributed by atoms with E-state index in [1.165, 1.54) is 35.1 Å². The highest BCUT2D eigenvalue weighted by atomic mass is 32.2. The number of benzene rings is 1. The molecule has 0 spiro atoms. The molecule has 1 aromatic carbocycles. The van der Waals surface area contributed by atoms with E-state index in [0.717, 1.165) is 0 Å². The minimum absolute atomic E-state index is 0.117. The summed E-state index contributed by atoms with van der Waals surface area (Å²) < 4.78 is 27.7. The van der Waals surface area contributed by atoms with Gasteiger partial charge in [-0.1, -0.05) is 12.1 Å². The summed E-state index contributed by atoms with van der Waals surface area (Å²) in [5.41, 5.74) is 1.01. The maximum atomic E-state index is 11.9. The van der Waals surface area contributed by atoms with E-state index in [0.29, 0.717) is 11.3 Å². The van der Waals surface area contributed by atoms with Gasteiger partial charge in [0.2, 0.25) is 10.0 Å². The number of hydrogen-bond donors (Lipinski definition) is 2. The zero-order valence-corrected chi connectivity index (χ0v) is 11.5. The maximum absolute atomic E-state index is 11.9. The predicted molar refractivity (Wildman–Crippen MR) is 72.9 cm³/mol. The van der Waals surface area contributed by atoms with Crippen LogP contribution < -0.4 is 4.72 Å². The van der Waals surface area contributed by atoms with E-state index in [4.69, 9.17) is 5.11 Å². The molecule has 0 aliphatic rings. The van der Waals surface area contributed by atoms with Gasteiger partial charge in [-0.3, -0.25) is 9.40 Å². The van der Waals surface area contributed by atoms with E-state index in [1.807, 2.05) is 0 Å². The summed E-state index contributed by atoms with van der Waals surface area (Å²) in [6.45, 7) is 0. The number of carboxylic acid groups (broad SMARTS) is 1. The molecule has 0 fully saturated rings. The molecule has 20 heavy (non-hydrogen) atoms. The Balaban J connectivity index is 2.09. The van der Waals surface area contributed by atoms with Crippen LogP contribution >= 0.6 is 0 Å². The zero-order valence-electron chi connectivity index (χ0n) is 10.6. The number of sulfonamides is 1. The fourth-order valence-electron chi connectivity index (χ4n) is 1.65. The summed E-state index contributed by atoms with van der Waals surface area (Å²) in [5, 5.41) is 12.6. The summed E-state index contributed by atoms with van der Waals surface area (Å²) in [7, 11) is -1.88.